The van der Waals surface area contributed by atoms with Crippen LogP contribution in [0.3, 0.4) is 0 Å². The Hall–Kier alpha value is -1.69. The standard InChI is InChI=1S/C18H24N2O2S/c1-14-4-8-16(9-5-14)18(17-10-6-15(2)7-11-17)20-12-3-13-23(19,21)22/h4-11,18,20H,3,12-13H2,1-2H3,(H2,19,21,22). The average Bonchev–Trinajstić information content (AvgIpc) is 2.49. The van der Waals surface area contributed by atoms with E-state index < -0.39 is 10.0 Å². The van der Waals surface area contributed by atoms with Gasteiger partial charge in [-0.05, 0) is 37.9 Å². The van der Waals surface area contributed by atoms with Crippen LogP contribution in [0.15, 0.2) is 48.5 Å². The number of hydrogen-bond acceptors (Lipinski definition) is 3. The van der Waals surface area contributed by atoms with Gasteiger partial charge in [-0.15, -0.1) is 0 Å². The second-order valence-corrected chi connectivity index (χ2v) is 7.66. The summed E-state index contributed by atoms with van der Waals surface area (Å²) in [7, 11) is -3.40. The lowest BCUT2D eigenvalue weighted by atomic mass is 9.97. The topological polar surface area (TPSA) is 72.2 Å². The minimum absolute atomic E-state index is 0.00544. The van der Waals surface area contributed by atoms with E-state index in [2.05, 4.69) is 67.7 Å². The zero-order chi connectivity index (χ0) is 16.9. The monoisotopic (exact) mass is 332 g/mol. The molecular weight excluding hydrogens is 308 g/mol. The predicted octanol–water partition coefficient (Wildman–Crippen LogP) is 2.66. The van der Waals surface area contributed by atoms with Crippen molar-refractivity contribution in [1.82, 2.24) is 5.32 Å². The fourth-order valence-corrected chi connectivity index (χ4v) is 3.01. The van der Waals surface area contributed by atoms with Gasteiger partial charge < -0.3 is 5.32 Å². The van der Waals surface area contributed by atoms with E-state index in [1.54, 1.807) is 0 Å². The Balaban J connectivity index is 2.14. The minimum atomic E-state index is -3.40. The van der Waals surface area contributed by atoms with Crippen LogP contribution in [0, 0.1) is 13.8 Å². The first-order valence-corrected chi connectivity index (χ1v) is 9.44. The van der Waals surface area contributed by atoms with Crippen molar-refractivity contribution in [3.8, 4) is 0 Å². The molecule has 0 aliphatic carbocycles. The molecule has 0 spiro atoms. The number of primary sulfonamides is 1. The van der Waals surface area contributed by atoms with Crippen LogP contribution >= 0.6 is 0 Å². The Kier molecular flexibility index (Phi) is 5.93. The van der Waals surface area contributed by atoms with E-state index in [4.69, 9.17) is 5.14 Å². The molecule has 4 nitrogen and oxygen atoms in total. The Morgan fingerprint density at radius 2 is 1.35 bits per heavy atom. The van der Waals surface area contributed by atoms with Crippen molar-refractivity contribution in [2.45, 2.75) is 26.3 Å². The summed E-state index contributed by atoms with van der Waals surface area (Å²) >= 11 is 0. The summed E-state index contributed by atoms with van der Waals surface area (Å²) in [4.78, 5) is 0. The minimum Gasteiger partial charge on any atom is -0.306 e. The van der Waals surface area contributed by atoms with Gasteiger partial charge in [0.15, 0.2) is 0 Å². The summed E-state index contributed by atoms with van der Waals surface area (Å²) in [6.07, 6.45) is 0.493. The Morgan fingerprint density at radius 3 is 1.74 bits per heavy atom. The smallest absolute Gasteiger partial charge is 0.209 e. The SMILES string of the molecule is Cc1ccc(C(NCCCS(N)(=O)=O)c2ccc(C)cc2)cc1. The molecule has 0 aliphatic rings. The van der Waals surface area contributed by atoms with Crippen molar-refractivity contribution in [2.75, 3.05) is 12.3 Å². The summed E-state index contributed by atoms with van der Waals surface area (Å²) in [5.74, 6) is -0.00544. The number of sulfonamides is 1. The van der Waals surface area contributed by atoms with Crippen LogP contribution < -0.4 is 10.5 Å². The largest absolute Gasteiger partial charge is 0.306 e. The van der Waals surface area contributed by atoms with Crippen molar-refractivity contribution in [3.05, 3.63) is 70.8 Å². The molecule has 0 aromatic heterocycles. The highest BCUT2D eigenvalue weighted by Crippen LogP contribution is 2.23. The Morgan fingerprint density at radius 1 is 0.913 bits per heavy atom. The molecule has 0 fully saturated rings. The predicted molar refractivity (Wildman–Crippen MR) is 94.8 cm³/mol. The fraction of sp³-hybridized carbons (Fsp3) is 0.333. The van der Waals surface area contributed by atoms with Gasteiger partial charge in [-0.25, -0.2) is 13.6 Å². The van der Waals surface area contributed by atoms with Gasteiger partial charge in [0.05, 0.1) is 11.8 Å². The van der Waals surface area contributed by atoms with Crippen molar-refractivity contribution in [3.63, 3.8) is 0 Å². The maximum absolute atomic E-state index is 11.0. The van der Waals surface area contributed by atoms with Gasteiger partial charge in [-0.1, -0.05) is 59.7 Å². The van der Waals surface area contributed by atoms with Crippen LogP contribution in [0.1, 0.15) is 34.7 Å². The highest BCUT2D eigenvalue weighted by molar-refractivity contribution is 7.89. The van der Waals surface area contributed by atoms with E-state index in [0.717, 1.165) is 11.1 Å². The number of hydrogen-bond donors (Lipinski definition) is 2. The molecule has 124 valence electrons. The van der Waals surface area contributed by atoms with Crippen LogP contribution in [0.25, 0.3) is 0 Å². The molecule has 0 radical (unpaired) electrons. The summed E-state index contributed by atoms with van der Waals surface area (Å²) in [5.41, 5.74) is 4.75. The maximum Gasteiger partial charge on any atom is 0.209 e. The molecule has 0 amide bonds. The third-order valence-electron chi connectivity index (χ3n) is 3.78. The zero-order valence-corrected chi connectivity index (χ0v) is 14.4. The Bertz CT molecular complexity index is 677. The quantitative estimate of drug-likeness (QED) is 0.766. The molecule has 2 rings (SSSR count). The van der Waals surface area contributed by atoms with Crippen molar-refractivity contribution < 1.29 is 8.42 Å². The molecule has 2 aromatic rings. The molecule has 0 bridgehead atoms. The maximum atomic E-state index is 11.0. The first kappa shape index (κ1) is 17.7. The lowest BCUT2D eigenvalue weighted by Crippen LogP contribution is -2.26. The average molecular weight is 332 g/mol. The van der Waals surface area contributed by atoms with Crippen molar-refractivity contribution >= 4 is 10.0 Å². The van der Waals surface area contributed by atoms with Crippen LogP contribution in [-0.2, 0) is 10.0 Å². The van der Waals surface area contributed by atoms with E-state index in [-0.39, 0.29) is 11.8 Å². The molecular formula is C18H24N2O2S. The first-order chi connectivity index (χ1) is 10.8. The number of benzene rings is 2. The van der Waals surface area contributed by atoms with Crippen molar-refractivity contribution in [2.24, 2.45) is 5.14 Å². The summed E-state index contributed by atoms with van der Waals surface area (Å²) < 4.78 is 22.1. The second kappa shape index (κ2) is 7.73. The first-order valence-electron chi connectivity index (χ1n) is 7.72. The molecule has 0 unspecified atom stereocenters. The van der Waals surface area contributed by atoms with Crippen LogP contribution in [0.5, 0.6) is 0 Å². The molecule has 0 aliphatic heterocycles. The van der Waals surface area contributed by atoms with Gasteiger partial charge in [0.25, 0.3) is 0 Å². The molecule has 0 atom stereocenters. The van der Waals surface area contributed by atoms with Gasteiger partial charge in [-0.2, -0.15) is 0 Å². The van der Waals surface area contributed by atoms with Gasteiger partial charge in [-0.3, -0.25) is 0 Å². The van der Waals surface area contributed by atoms with Crippen molar-refractivity contribution in [1.29, 1.82) is 0 Å². The van der Waals surface area contributed by atoms with E-state index in [1.807, 2.05) is 0 Å². The van der Waals surface area contributed by atoms with Gasteiger partial charge in [0.1, 0.15) is 0 Å². The summed E-state index contributed by atoms with van der Waals surface area (Å²) in [5, 5.41) is 8.50. The summed E-state index contributed by atoms with van der Waals surface area (Å²) in [6.45, 7) is 4.71. The van der Waals surface area contributed by atoms with E-state index >= 15 is 0 Å². The van der Waals surface area contributed by atoms with Gasteiger partial charge in [0, 0.05) is 0 Å². The van der Waals surface area contributed by atoms with Gasteiger partial charge >= 0.3 is 0 Å². The normalized spacial score (nSPS) is 11.8. The molecule has 2 aromatic carbocycles. The van der Waals surface area contributed by atoms with E-state index in [0.29, 0.717) is 13.0 Å². The summed E-state index contributed by atoms with van der Waals surface area (Å²) in [6, 6.07) is 16.8. The van der Waals surface area contributed by atoms with E-state index in [1.165, 1.54) is 11.1 Å². The lowest BCUT2D eigenvalue weighted by molar-refractivity contribution is 0.577. The molecule has 3 N–H and O–H groups in total. The fourth-order valence-electron chi connectivity index (χ4n) is 2.47. The number of rotatable bonds is 7. The molecule has 0 heterocycles. The van der Waals surface area contributed by atoms with Gasteiger partial charge in [0.2, 0.25) is 10.0 Å². The number of nitrogens with two attached hydrogens (primary N) is 1. The van der Waals surface area contributed by atoms with Crippen LogP contribution in [0.2, 0.25) is 0 Å². The molecule has 23 heavy (non-hydrogen) atoms. The third-order valence-corrected chi connectivity index (χ3v) is 4.63. The van der Waals surface area contributed by atoms with E-state index in [9.17, 15) is 8.42 Å². The third kappa shape index (κ3) is 5.78. The van der Waals surface area contributed by atoms with Crippen LogP contribution in [-0.4, -0.2) is 20.7 Å². The molecule has 5 heteroatoms. The Labute approximate surface area is 138 Å². The molecule has 0 saturated carbocycles. The number of aryl methyl sites for hydroxylation is 2. The molecule has 0 saturated heterocycles. The lowest BCUT2D eigenvalue weighted by Gasteiger charge is -2.20. The van der Waals surface area contributed by atoms with Crippen LogP contribution in [0.4, 0.5) is 0 Å². The second-order valence-electron chi connectivity index (χ2n) is 5.93. The zero-order valence-electron chi connectivity index (χ0n) is 13.6. The number of nitrogens with one attached hydrogen (secondary N) is 1. The highest BCUT2D eigenvalue weighted by Gasteiger charge is 2.13. The highest BCUT2D eigenvalue weighted by atomic mass is 32.2.